The molecule has 12 heteroatoms. The van der Waals surface area contributed by atoms with E-state index in [0.717, 1.165) is 58.6 Å². The Kier molecular flexibility index (Phi) is 10.8. The Morgan fingerprint density at radius 2 is 1.22 bits per heavy atom. The minimum Gasteiger partial charge on any atom is -0.345 e. The van der Waals surface area contributed by atoms with Gasteiger partial charge < -0.3 is 14.8 Å². The Labute approximate surface area is 393 Å². The molecular formula is C56H52N10O2+2. The Morgan fingerprint density at radius 3 is 1.82 bits per heavy atom. The molecule has 4 N–H and O–H groups in total. The van der Waals surface area contributed by atoms with E-state index in [-0.39, 0.29) is 32.9 Å². The molecule has 6 aliphatic rings. The predicted octanol–water partition coefficient (Wildman–Crippen LogP) is 9.15. The molecule has 5 aliphatic heterocycles. The second kappa shape index (κ2) is 17.4. The molecule has 0 bridgehead atoms. The van der Waals surface area contributed by atoms with Gasteiger partial charge in [0.2, 0.25) is 11.4 Å². The second-order valence-corrected chi connectivity index (χ2v) is 16.8. The molecule has 0 saturated carbocycles. The maximum absolute atomic E-state index is 15.0. The van der Waals surface area contributed by atoms with Crippen molar-refractivity contribution in [2.45, 2.75) is 40.8 Å². The fourth-order valence-electron chi connectivity index (χ4n) is 10.0. The molecule has 0 unspecified atom stereocenters. The molecule has 0 saturated heterocycles. The van der Waals surface area contributed by atoms with Crippen LogP contribution in [-0.4, -0.2) is 37.1 Å². The number of rotatable bonds is 10. The minimum absolute atomic E-state index is 0.0830. The fourth-order valence-corrected chi connectivity index (χ4v) is 10.0. The van der Waals surface area contributed by atoms with Gasteiger partial charge in [-0.3, -0.25) is 19.6 Å². The van der Waals surface area contributed by atoms with Crippen molar-refractivity contribution in [3.63, 3.8) is 0 Å². The topological polar surface area (TPSA) is 117 Å². The lowest BCUT2D eigenvalue weighted by Crippen LogP contribution is -2.76. The van der Waals surface area contributed by atoms with Gasteiger partial charge in [0.15, 0.2) is 11.5 Å². The first-order valence-corrected chi connectivity index (χ1v) is 23.4. The summed E-state index contributed by atoms with van der Waals surface area (Å²) in [5.74, 6) is 1.23. The van der Waals surface area contributed by atoms with Gasteiger partial charge in [0.25, 0.3) is 16.5 Å². The molecule has 0 fully saturated rings. The summed E-state index contributed by atoms with van der Waals surface area (Å²) < 4.78 is 8.41. The van der Waals surface area contributed by atoms with E-state index < -0.39 is 0 Å². The van der Waals surface area contributed by atoms with Crippen LogP contribution in [0.25, 0.3) is 47.2 Å². The molecule has 0 atom stereocenters. The maximum Gasteiger partial charge on any atom is 0.369 e. The number of benzene rings is 4. The normalized spacial score (nSPS) is 15.2. The summed E-state index contributed by atoms with van der Waals surface area (Å²) in [4.78, 5) is 43.3. The van der Waals surface area contributed by atoms with E-state index >= 15 is 9.59 Å². The number of likely N-dealkylation sites (N-methyl/N-ethyl adjacent to an activating group) is 2. The molecule has 68 heavy (non-hydrogen) atoms. The van der Waals surface area contributed by atoms with Crippen molar-refractivity contribution in [2.75, 3.05) is 28.2 Å². The standard InChI is InChI=1S/C56H50N10O2/c1-5-61-39(35-33-37-21-15-17-29-43(37)61)27-19-31-45-47-55(65(63(45)7-3)41-23-11-9-12-24-41)59-51-49(57-47)53(67)52-50(54(51)68)58-48-46(64(8-4)66(56(48)60-52)42-25-13-10-14-26-42)32-20-28-40-36-34-38-22-16-18-30-44(38)62(40)6-2/h9-36H,5-8H2,1-4H3,(H2,57,58,67,68)/p+2. The summed E-state index contributed by atoms with van der Waals surface area (Å²) >= 11 is 0. The van der Waals surface area contributed by atoms with Crippen molar-refractivity contribution in [3.05, 3.63) is 211 Å². The van der Waals surface area contributed by atoms with E-state index in [4.69, 9.17) is 4.98 Å². The van der Waals surface area contributed by atoms with Gasteiger partial charge in [-0.05, 0) is 112 Å². The minimum atomic E-state index is -0.335. The number of anilines is 4. The van der Waals surface area contributed by atoms with Crippen molar-refractivity contribution in [1.82, 2.24) is 24.0 Å². The SMILES string of the molecule is CCN1C(=CC=Cc2c3[nH]c4c(=O)c5c(c(=O)c=4nc-3n(-c3ccccc3)n2CC)[NH2+]c2c(C=CC=C3C=Cc4ccccc4N3CC)n(CC)[n+](-c3ccccc3)c2N5)C=Cc2ccccc21. The van der Waals surface area contributed by atoms with E-state index in [1.165, 1.54) is 16.8 Å². The van der Waals surface area contributed by atoms with E-state index in [2.05, 4.69) is 159 Å². The number of fused-ring (bicyclic) bond motifs is 5. The quantitative estimate of drug-likeness (QED) is 0.118. The number of hydrogen-bond donors (Lipinski definition) is 3. The fraction of sp³-hybridized carbons (Fsp3) is 0.143. The van der Waals surface area contributed by atoms with E-state index in [1.807, 2.05) is 82.8 Å². The van der Waals surface area contributed by atoms with E-state index in [9.17, 15) is 0 Å². The summed E-state index contributed by atoms with van der Waals surface area (Å²) in [7, 11) is 0. The number of H-pyrrole nitrogens is 1. The summed E-state index contributed by atoms with van der Waals surface area (Å²) in [6.45, 7) is 11.3. The molecule has 5 aromatic rings. The van der Waals surface area contributed by atoms with Crippen LogP contribution in [0.5, 0.6) is 0 Å². The first kappa shape index (κ1) is 42.2. The number of nitrogens with one attached hydrogen (secondary N) is 2. The van der Waals surface area contributed by atoms with Crippen LogP contribution in [0.2, 0.25) is 0 Å². The third-order valence-electron chi connectivity index (χ3n) is 13.1. The zero-order valence-corrected chi connectivity index (χ0v) is 38.5. The number of quaternary nitrogens is 1. The van der Waals surface area contributed by atoms with Crippen LogP contribution in [0.4, 0.5) is 34.3 Å². The van der Waals surface area contributed by atoms with Crippen LogP contribution in [0.1, 0.15) is 50.2 Å². The van der Waals surface area contributed by atoms with Gasteiger partial charge in [0.05, 0.1) is 17.9 Å². The summed E-state index contributed by atoms with van der Waals surface area (Å²) in [5, 5.41) is 5.61. The average molecular weight is 897 g/mol. The summed E-state index contributed by atoms with van der Waals surface area (Å²) in [5.41, 5.74) is 11.6. The van der Waals surface area contributed by atoms with Crippen molar-refractivity contribution < 1.29 is 10.00 Å². The highest BCUT2D eigenvalue weighted by Crippen LogP contribution is 2.35. The second-order valence-electron chi connectivity index (χ2n) is 16.8. The third kappa shape index (κ3) is 6.87. The molecule has 6 heterocycles. The monoisotopic (exact) mass is 896 g/mol. The number of aromatic amines is 1. The number of aromatic nitrogens is 6. The summed E-state index contributed by atoms with van der Waals surface area (Å²) in [6.07, 6.45) is 21.0. The van der Waals surface area contributed by atoms with Gasteiger partial charge in [-0.25, -0.2) is 19.7 Å². The number of para-hydroxylation sites is 4. The van der Waals surface area contributed by atoms with E-state index in [1.54, 1.807) is 0 Å². The zero-order chi connectivity index (χ0) is 46.5. The summed E-state index contributed by atoms with van der Waals surface area (Å²) in [6, 6.07) is 36.9. The van der Waals surface area contributed by atoms with Crippen LogP contribution >= 0.6 is 0 Å². The molecule has 0 amide bonds. The zero-order valence-electron chi connectivity index (χ0n) is 38.5. The molecule has 11 rings (SSSR count). The lowest BCUT2D eigenvalue weighted by molar-refractivity contribution is -0.673. The predicted molar refractivity (Wildman–Crippen MR) is 273 cm³/mol. The number of nitrogens with zero attached hydrogens (tertiary/aromatic N) is 7. The van der Waals surface area contributed by atoms with Crippen molar-refractivity contribution >= 4 is 58.6 Å². The van der Waals surface area contributed by atoms with Crippen LogP contribution in [0.15, 0.2) is 167 Å². The van der Waals surface area contributed by atoms with Gasteiger partial charge in [-0.1, -0.05) is 97.1 Å². The lowest BCUT2D eigenvalue weighted by Gasteiger charge is -2.29. The van der Waals surface area contributed by atoms with Crippen LogP contribution in [-0.2, 0) is 13.1 Å². The molecule has 336 valence electrons. The highest BCUT2D eigenvalue weighted by molar-refractivity contribution is 5.81. The number of hydrogen-bond acceptors (Lipinski definition) is 6. The molecule has 4 aromatic carbocycles. The van der Waals surface area contributed by atoms with Crippen LogP contribution in [0, 0.1) is 10.7 Å². The first-order valence-electron chi connectivity index (χ1n) is 23.4. The third-order valence-corrected chi connectivity index (χ3v) is 13.1. The highest BCUT2D eigenvalue weighted by Gasteiger charge is 2.41. The Bertz CT molecular complexity index is 3620. The van der Waals surface area contributed by atoms with Gasteiger partial charge in [0, 0.05) is 42.4 Å². The molecule has 1 aromatic heterocycles. The smallest absolute Gasteiger partial charge is 0.345 e. The molecular weight excluding hydrogens is 845 g/mol. The first-order chi connectivity index (χ1) is 33.4. The van der Waals surface area contributed by atoms with Crippen molar-refractivity contribution in [2.24, 2.45) is 0 Å². The van der Waals surface area contributed by atoms with Crippen LogP contribution in [0.3, 0.4) is 0 Å². The molecule has 0 spiro atoms. The lowest BCUT2D eigenvalue weighted by atomic mass is 10.1. The van der Waals surface area contributed by atoms with E-state index in [0.29, 0.717) is 30.4 Å². The van der Waals surface area contributed by atoms with Crippen LogP contribution < -0.4 is 36.0 Å². The Hall–Kier alpha value is -8.48. The average Bonchev–Trinajstić information content (AvgIpc) is 3.87. The Morgan fingerprint density at radius 1 is 0.632 bits per heavy atom. The van der Waals surface area contributed by atoms with Gasteiger partial charge in [0.1, 0.15) is 22.1 Å². The largest absolute Gasteiger partial charge is 0.369 e. The van der Waals surface area contributed by atoms with Gasteiger partial charge >= 0.3 is 5.82 Å². The van der Waals surface area contributed by atoms with Crippen molar-refractivity contribution in [1.29, 1.82) is 0 Å². The number of nitrogens with two attached hydrogens (primary N) is 1. The number of allylic oxidation sites excluding steroid dienone is 6. The van der Waals surface area contributed by atoms with Gasteiger partial charge in [-0.15, -0.1) is 4.68 Å². The highest BCUT2D eigenvalue weighted by atomic mass is 16.1. The molecule has 12 nitrogen and oxygen atoms in total. The van der Waals surface area contributed by atoms with Gasteiger partial charge in [-0.2, -0.15) is 0 Å². The molecule has 0 radical (unpaired) electrons. The Balaban J connectivity index is 1.06. The van der Waals surface area contributed by atoms with Crippen molar-refractivity contribution in [3.8, 4) is 22.9 Å². The maximum atomic E-state index is 15.0. The molecule has 1 aliphatic carbocycles.